The van der Waals surface area contributed by atoms with Gasteiger partial charge in [-0.15, -0.1) is 0 Å². The van der Waals surface area contributed by atoms with Crippen LogP contribution >= 0.6 is 0 Å². The molecule has 1 saturated heterocycles. The standard InChI is InChI=1S/C14H22N2O/c1-11-7-12(2)9-14(8-11)17-6-5-16-4-3-13(15)10-16/h7-9,13H,3-6,10,15H2,1-2H3/t13-/m1/s1. The van der Waals surface area contributed by atoms with Crippen LogP contribution in [0.3, 0.4) is 0 Å². The van der Waals surface area contributed by atoms with Crippen LogP contribution in [0.1, 0.15) is 17.5 Å². The summed E-state index contributed by atoms with van der Waals surface area (Å²) in [6, 6.07) is 6.69. The highest BCUT2D eigenvalue weighted by Crippen LogP contribution is 2.16. The molecule has 1 aliphatic rings. The summed E-state index contributed by atoms with van der Waals surface area (Å²) >= 11 is 0. The second-order valence-corrected chi connectivity index (χ2v) is 5.02. The Morgan fingerprint density at radius 3 is 2.59 bits per heavy atom. The summed E-state index contributed by atoms with van der Waals surface area (Å²) in [5.41, 5.74) is 8.37. The van der Waals surface area contributed by atoms with Crippen molar-refractivity contribution < 1.29 is 4.74 Å². The molecule has 1 atom stereocenters. The van der Waals surface area contributed by atoms with Gasteiger partial charge in [-0.25, -0.2) is 0 Å². The van der Waals surface area contributed by atoms with Crippen LogP contribution in [0.25, 0.3) is 0 Å². The Morgan fingerprint density at radius 2 is 2.00 bits per heavy atom. The average molecular weight is 234 g/mol. The molecule has 0 unspecified atom stereocenters. The first-order valence-corrected chi connectivity index (χ1v) is 6.32. The molecule has 0 bridgehead atoms. The predicted molar refractivity (Wildman–Crippen MR) is 70.4 cm³/mol. The summed E-state index contributed by atoms with van der Waals surface area (Å²) in [4.78, 5) is 2.37. The molecular formula is C14H22N2O. The second-order valence-electron chi connectivity index (χ2n) is 5.02. The highest BCUT2D eigenvalue weighted by atomic mass is 16.5. The van der Waals surface area contributed by atoms with Crippen molar-refractivity contribution in [1.82, 2.24) is 4.90 Å². The van der Waals surface area contributed by atoms with E-state index in [2.05, 4.69) is 36.9 Å². The number of nitrogens with two attached hydrogens (primary N) is 1. The van der Waals surface area contributed by atoms with Crippen LogP contribution in [-0.2, 0) is 0 Å². The van der Waals surface area contributed by atoms with Gasteiger partial charge < -0.3 is 10.5 Å². The van der Waals surface area contributed by atoms with Gasteiger partial charge in [0.1, 0.15) is 12.4 Å². The lowest BCUT2D eigenvalue weighted by Crippen LogP contribution is -2.29. The number of ether oxygens (including phenoxy) is 1. The van der Waals surface area contributed by atoms with Gasteiger partial charge in [0.15, 0.2) is 0 Å². The number of rotatable bonds is 4. The fourth-order valence-electron chi connectivity index (χ4n) is 2.37. The molecule has 2 N–H and O–H groups in total. The molecule has 0 amide bonds. The lowest BCUT2D eigenvalue weighted by molar-refractivity contribution is 0.236. The van der Waals surface area contributed by atoms with Gasteiger partial charge in [-0.2, -0.15) is 0 Å². The van der Waals surface area contributed by atoms with Crippen molar-refractivity contribution in [3.63, 3.8) is 0 Å². The van der Waals surface area contributed by atoms with Crippen molar-refractivity contribution in [2.24, 2.45) is 5.73 Å². The van der Waals surface area contributed by atoms with E-state index >= 15 is 0 Å². The van der Waals surface area contributed by atoms with Crippen molar-refractivity contribution in [3.8, 4) is 5.75 Å². The molecule has 1 heterocycles. The van der Waals surface area contributed by atoms with Gasteiger partial charge in [0, 0.05) is 19.1 Å². The fourth-order valence-corrected chi connectivity index (χ4v) is 2.37. The highest BCUT2D eigenvalue weighted by Gasteiger charge is 2.18. The molecule has 0 aliphatic carbocycles. The number of nitrogens with zero attached hydrogens (tertiary/aromatic N) is 1. The Hall–Kier alpha value is -1.06. The van der Waals surface area contributed by atoms with Gasteiger partial charge in [-0.05, 0) is 50.1 Å². The first-order chi connectivity index (χ1) is 8.13. The van der Waals surface area contributed by atoms with Crippen molar-refractivity contribution >= 4 is 0 Å². The van der Waals surface area contributed by atoms with Crippen LogP contribution in [0.15, 0.2) is 18.2 Å². The van der Waals surface area contributed by atoms with E-state index in [0.29, 0.717) is 6.04 Å². The molecule has 1 aromatic carbocycles. The zero-order chi connectivity index (χ0) is 12.3. The minimum absolute atomic E-state index is 0.358. The van der Waals surface area contributed by atoms with Gasteiger partial charge in [0.05, 0.1) is 0 Å². The zero-order valence-electron chi connectivity index (χ0n) is 10.8. The molecule has 1 fully saturated rings. The predicted octanol–water partition coefficient (Wildman–Crippen LogP) is 1.72. The molecule has 0 spiro atoms. The molecule has 0 radical (unpaired) electrons. The minimum atomic E-state index is 0.358. The van der Waals surface area contributed by atoms with E-state index in [0.717, 1.165) is 38.4 Å². The van der Waals surface area contributed by atoms with E-state index in [1.54, 1.807) is 0 Å². The second kappa shape index (κ2) is 5.52. The summed E-state index contributed by atoms with van der Waals surface area (Å²) < 4.78 is 5.78. The average Bonchev–Trinajstić information content (AvgIpc) is 2.63. The molecule has 94 valence electrons. The van der Waals surface area contributed by atoms with Crippen LogP contribution in [0, 0.1) is 13.8 Å². The molecule has 1 aliphatic heterocycles. The summed E-state index contributed by atoms with van der Waals surface area (Å²) in [7, 11) is 0. The maximum atomic E-state index is 5.87. The molecule has 0 aromatic heterocycles. The topological polar surface area (TPSA) is 38.5 Å². The summed E-state index contributed by atoms with van der Waals surface area (Å²) in [5, 5.41) is 0. The van der Waals surface area contributed by atoms with Crippen molar-refractivity contribution in [3.05, 3.63) is 29.3 Å². The molecular weight excluding hydrogens is 212 g/mol. The summed E-state index contributed by atoms with van der Waals surface area (Å²) in [6.07, 6.45) is 1.11. The van der Waals surface area contributed by atoms with E-state index in [-0.39, 0.29) is 0 Å². The largest absolute Gasteiger partial charge is 0.492 e. The summed E-state index contributed by atoms with van der Waals surface area (Å²) in [5.74, 6) is 0.978. The molecule has 3 heteroatoms. The van der Waals surface area contributed by atoms with Crippen LogP contribution in [0.5, 0.6) is 5.75 Å². The maximum absolute atomic E-state index is 5.87. The Bertz CT molecular complexity index is 358. The number of hydrogen-bond acceptors (Lipinski definition) is 3. The van der Waals surface area contributed by atoms with Gasteiger partial charge in [0.2, 0.25) is 0 Å². The van der Waals surface area contributed by atoms with E-state index in [4.69, 9.17) is 10.5 Å². The number of aryl methyl sites for hydroxylation is 2. The lowest BCUT2D eigenvalue weighted by Gasteiger charge is -2.15. The van der Waals surface area contributed by atoms with Crippen molar-refractivity contribution in [1.29, 1.82) is 0 Å². The summed E-state index contributed by atoms with van der Waals surface area (Å²) in [6.45, 7) is 8.03. The van der Waals surface area contributed by atoms with Crippen LogP contribution < -0.4 is 10.5 Å². The van der Waals surface area contributed by atoms with E-state index in [1.165, 1.54) is 11.1 Å². The van der Waals surface area contributed by atoms with Crippen LogP contribution in [-0.4, -0.2) is 37.2 Å². The Kier molecular flexibility index (Phi) is 4.02. The van der Waals surface area contributed by atoms with Crippen LogP contribution in [0.4, 0.5) is 0 Å². The maximum Gasteiger partial charge on any atom is 0.119 e. The minimum Gasteiger partial charge on any atom is -0.492 e. The molecule has 0 saturated carbocycles. The third kappa shape index (κ3) is 3.72. The lowest BCUT2D eigenvalue weighted by atomic mass is 10.1. The fraction of sp³-hybridized carbons (Fsp3) is 0.571. The number of hydrogen-bond donors (Lipinski definition) is 1. The normalized spacial score (nSPS) is 20.8. The van der Waals surface area contributed by atoms with Gasteiger partial charge >= 0.3 is 0 Å². The Morgan fingerprint density at radius 1 is 1.29 bits per heavy atom. The van der Waals surface area contributed by atoms with Crippen molar-refractivity contribution in [2.45, 2.75) is 26.3 Å². The molecule has 17 heavy (non-hydrogen) atoms. The first kappa shape index (κ1) is 12.4. The monoisotopic (exact) mass is 234 g/mol. The molecule has 2 rings (SSSR count). The van der Waals surface area contributed by atoms with Gasteiger partial charge in [0.25, 0.3) is 0 Å². The Labute approximate surface area is 104 Å². The third-order valence-corrected chi connectivity index (χ3v) is 3.18. The third-order valence-electron chi connectivity index (χ3n) is 3.18. The van der Waals surface area contributed by atoms with Gasteiger partial charge in [-0.1, -0.05) is 6.07 Å². The zero-order valence-corrected chi connectivity index (χ0v) is 10.8. The van der Waals surface area contributed by atoms with E-state index < -0.39 is 0 Å². The van der Waals surface area contributed by atoms with E-state index in [9.17, 15) is 0 Å². The number of benzene rings is 1. The molecule has 1 aromatic rings. The number of likely N-dealkylation sites (tertiary alicyclic amines) is 1. The molecule has 3 nitrogen and oxygen atoms in total. The highest BCUT2D eigenvalue weighted by molar-refractivity contribution is 5.32. The first-order valence-electron chi connectivity index (χ1n) is 6.32. The van der Waals surface area contributed by atoms with Crippen molar-refractivity contribution in [2.75, 3.05) is 26.2 Å². The van der Waals surface area contributed by atoms with Gasteiger partial charge in [-0.3, -0.25) is 4.90 Å². The van der Waals surface area contributed by atoms with Crippen LogP contribution in [0.2, 0.25) is 0 Å². The SMILES string of the molecule is Cc1cc(C)cc(OCCN2CC[C@@H](N)C2)c1. The smallest absolute Gasteiger partial charge is 0.119 e. The van der Waals surface area contributed by atoms with E-state index in [1.807, 2.05) is 0 Å². The quantitative estimate of drug-likeness (QED) is 0.862. The Balaban J connectivity index is 1.78.